The fourth-order valence-corrected chi connectivity index (χ4v) is 2.09. The molecule has 0 radical (unpaired) electrons. The monoisotopic (exact) mass is 310 g/mol. The van der Waals surface area contributed by atoms with E-state index in [1.807, 2.05) is 0 Å². The van der Waals surface area contributed by atoms with Crippen LogP contribution in [-0.2, 0) is 6.61 Å². The van der Waals surface area contributed by atoms with Gasteiger partial charge in [-0.25, -0.2) is 4.39 Å². The SMILES string of the molecule is COc1ccc(COc2ccc(Cl)cc2[C@H](C)O)c(F)c1. The summed E-state index contributed by atoms with van der Waals surface area (Å²) >= 11 is 5.90. The molecule has 0 unspecified atom stereocenters. The molecule has 0 saturated carbocycles. The predicted molar refractivity (Wildman–Crippen MR) is 79.4 cm³/mol. The van der Waals surface area contributed by atoms with Gasteiger partial charge in [0.2, 0.25) is 0 Å². The molecule has 0 heterocycles. The highest BCUT2D eigenvalue weighted by Crippen LogP contribution is 2.29. The molecule has 0 bridgehead atoms. The van der Waals surface area contributed by atoms with Crippen LogP contribution in [0.3, 0.4) is 0 Å². The van der Waals surface area contributed by atoms with Crippen molar-refractivity contribution in [1.82, 2.24) is 0 Å². The van der Waals surface area contributed by atoms with Crippen molar-refractivity contribution < 1.29 is 19.0 Å². The lowest BCUT2D eigenvalue weighted by Crippen LogP contribution is -2.03. The van der Waals surface area contributed by atoms with E-state index in [-0.39, 0.29) is 6.61 Å². The van der Waals surface area contributed by atoms with Crippen molar-refractivity contribution in [1.29, 1.82) is 0 Å². The van der Waals surface area contributed by atoms with Crippen molar-refractivity contribution in [2.45, 2.75) is 19.6 Å². The third-order valence-electron chi connectivity index (χ3n) is 3.07. The molecule has 0 aliphatic heterocycles. The Hall–Kier alpha value is -1.78. The molecule has 5 heteroatoms. The Balaban J connectivity index is 2.16. The van der Waals surface area contributed by atoms with Gasteiger partial charge in [0.25, 0.3) is 0 Å². The summed E-state index contributed by atoms with van der Waals surface area (Å²) in [5.74, 6) is 0.527. The van der Waals surface area contributed by atoms with Crippen LogP contribution in [0.4, 0.5) is 4.39 Å². The summed E-state index contributed by atoms with van der Waals surface area (Å²) < 4.78 is 24.4. The van der Waals surface area contributed by atoms with Gasteiger partial charge in [-0.3, -0.25) is 0 Å². The van der Waals surface area contributed by atoms with E-state index >= 15 is 0 Å². The quantitative estimate of drug-likeness (QED) is 0.903. The molecule has 0 fully saturated rings. The van der Waals surface area contributed by atoms with Crippen LogP contribution in [0, 0.1) is 5.82 Å². The van der Waals surface area contributed by atoms with E-state index in [0.717, 1.165) is 0 Å². The number of methoxy groups -OCH3 is 1. The van der Waals surface area contributed by atoms with Crippen LogP contribution >= 0.6 is 11.6 Å². The minimum absolute atomic E-state index is 0.0528. The maximum atomic E-state index is 13.8. The molecule has 0 spiro atoms. The molecule has 1 N–H and O–H groups in total. The van der Waals surface area contributed by atoms with Crippen molar-refractivity contribution in [2.75, 3.05) is 7.11 Å². The second-order valence-electron chi connectivity index (χ2n) is 4.60. The molecule has 0 aliphatic rings. The van der Waals surface area contributed by atoms with Gasteiger partial charge in [-0.05, 0) is 37.3 Å². The molecular weight excluding hydrogens is 295 g/mol. The summed E-state index contributed by atoms with van der Waals surface area (Å²) in [6.45, 7) is 1.67. The van der Waals surface area contributed by atoms with Crippen LogP contribution in [0.1, 0.15) is 24.2 Å². The van der Waals surface area contributed by atoms with Gasteiger partial charge in [0.15, 0.2) is 0 Å². The number of hydrogen-bond acceptors (Lipinski definition) is 3. The summed E-state index contributed by atoms with van der Waals surface area (Å²) in [6, 6.07) is 9.52. The van der Waals surface area contributed by atoms with Crippen molar-refractivity contribution >= 4 is 11.6 Å². The highest BCUT2D eigenvalue weighted by Gasteiger charge is 2.11. The molecule has 0 saturated heterocycles. The largest absolute Gasteiger partial charge is 0.497 e. The fraction of sp³-hybridized carbons (Fsp3) is 0.250. The molecule has 3 nitrogen and oxygen atoms in total. The third kappa shape index (κ3) is 3.86. The molecule has 0 aromatic heterocycles. The molecular formula is C16H16ClFO3. The number of hydrogen-bond donors (Lipinski definition) is 1. The Morgan fingerprint density at radius 1 is 1.24 bits per heavy atom. The molecule has 0 aliphatic carbocycles. The smallest absolute Gasteiger partial charge is 0.133 e. The standard InChI is InChI=1S/C16H16ClFO3/c1-10(19)14-7-12(17)4-6-16(14)21-9-11-3-5-13(20-2)8-15(11)18/h3-8,10,19H,9H2,1-2H3/t10-/m0/s1. The number of aliphatic hydroxyl groups excluding tert-OH is 1. The minimum atomic E-state index is -0.723. The topological polar surface area (TPSA) is 38.7 Å². The maximum Gasteiger partial charge on any atom is 0.133 e. The lowest BCUT2D eigenvalue weighted by molar-refractivity contribution is 0.190. The lowest BCUT2D eigenvalue weighted by atomic mass is 10.1. The minimum Gasteiger partial charge on any atom is -0.497 e. The van der Waals surface area contributed by atoms with E-state index in [9.17, 15) is 9.50 Å². The molecule has 2 rings (SSSR count). The van der Waals surface area contributed by atoms with Gasteiger partial charge in [-0.2, -0.15) is 0 Å². The second-order valence-corrected chi connectivity index (χ2v) is 5.04. The zero-order chi connectivity index (χ0) is 15.4. The fourth-order valence-electron chi connectivity index (χ4n) is 1.90. The van der Waals surface area contributed by atoms with E-state index in [2.05, 4.69) is 0 Å². The summed E-state index contributed by atoms with van der Waals surface area (Å²) in [5.41, 5.74) is 0.971. The summed E-state index contributed by atoms with van der Waals surface area (Å²) in [7, 11) is 1.48. The first-order valence-corrected chi connectivity index (χ1v) is 6.81. The van der Waals surface area contributed by atoms with Crippen LogP contribution in [0.5, 0.6) is 11.5 Å². The van der Waals surface area contributed by atoms with Crippen LogP contribution in [0.2, 0.25) is 5.02 Å². The summed E-state index contributed by atoms with van der Waals surface area (Å²) in [6.07, 6.45) is -0.723. The Morgan fingerprint density at radius 2 is 2.00 bits per heavy atom. The number of rotatable bonds is 5. The molecule has 2 aromatic rings. The number of aliphatic hydroxyl groups is 1. The summed E-state index contributed by atoms with van der Waals surface area (Å²) in [5, 5.41) is 10.2. The van der Waals surface area contributed by atoms with Crippen LogP contribution < -0.4 is 9.47 Å². The van der Waals surface area contributed by atoms with Crippen LogP contribution in [0.15, 0.2) is 36.4 Å². The van der Waals surface area contributed by atoms with E-state index in [4.69, 9.17) is 21.1 Å². The average Bonchev–Trinajstić information content (AvgIpc) is 2.46. The zero-order valence-electron chi connectivity index (χ0n) is 11.8. The molecule has 1 atom stereocenters. The average molecular weight is 311 g/mol. The molecule has 0 amide bonds. The highest BCUT2D eigenvalue weighted by molar-refractivity contribution is 6.30. The highest BCUT2D eigenvalue weighted by atomic mass is 35.5. The first-order chi connectivity index (χ1) is 10.0. The normalized spacial score (nSPS) is 12.0. The van der Waals surface area contributed by atoms with Crippen LogP contribution in [0.25, 0.3) is 0 Å². The Morgan fingerprint density at radius 3 is 2.62 bits per heavy atom. The first-order valence-electron chi connectivity index (χ1n) is 6.44. The van der Waals surface area contributed by atoms with E-state index in [0.29, 0.717) is 27.6 Å². The Labute approximate surface area is 127 Å². The molecule has 21 heavy (non-hydrogen) atoms. The lowest BCUT2D eigenvalue weighted by Gasteiger charge is -2.14. The Kier molecular flexibility index (Phi) is 5.04. The maximum absolute atomic E-state index is 13.8. The second kappa shape index (κ2) is 6.78. The third-order valence-corrected chi connectivity index (χ3v) is 3.30. The summed E-state index contributed by atoms with van der Waals surface area (Å²) in [4.78, 5) is 0. The number of ether oxygens (including phenoxy) is 2. The van der Waals surface area contributed by atoms with E-state index in [1.54, 1.807) is 37.3 Å². The van der Waals surface area contributed by atoms with Crippen molar-refractivity contribution in [3.05, 3.63) is 58.4 Å². The van der Waals surface area contributed by atoms with Gasteiger partial charge < -0.3 is 14.6 Å². The van der Waals surface area contributed by atoms with E-state index < -0.39 is 11.9 Å². The predicted octanol–water partition coefficient (Wildman–Crippen LogP) is 4.12. The number of halogens is 2. The zero-order valence-corrected chi connectivity index (χ0v) is 12.5. The first kappa shape index (κ1) is 15.6. The van der Waals surface area contributed by atoms with Crippen LogP contribution in [-0.4, -0.2) is 12.2 Å². The number of benzene rings is 2. The van der Waals surface area contributed by atoms with Gasteiger partial charge in [0.05, 0.1) is 13.2 Å². The van der Waals surface area contributed by atoms with Gasteiger partial charge >= 0.3 is 0 Å². The van der Waals surface area contributed by atoms with Gasteiger partial charge in [0, 0.05) is 22.2 Å². The van der Waals surface area contributed by atoms with E-state index in [1.165, 1.54) is 13.2 Å². The van der Waals surface area contributed by atoms with Gasteiger partial charge in [0.1, 0.15) is 23.9 Å². The van der Waals surface area contributed by atoms with Crippen molar-refractivity contribution in [2.24, 2.45) is 0 Å². The van der Waals surface area contributed by atoms with Crippen molar-refractivity contribution in [3.63, 3.8) is 0 Å². The molecule has 112 valence electrons. The molecule has 2 aromatic carbocycles. The van der Waals surface area contributed by atoms with Gasteiger partial charge in [-0.1, -0.05) is 11.6 Å². The van der Waals surface area contributed by atoms with Crippen molar-refractivity contribution in [3.8, 4) is 11.5 Å². The van der Waals surface area contributed by atoms with Gasteiger partial charge in [-0.15, -0.1) is 0 Å². The Bertz CT molecular complexity index is 629.